The molecule has 0 saturated carbocycles. The second-order valence-corrected chi connectivity index (χ2v) is 13.5. The van der Waals surface area contributed by atoms with Gasteiger partial charge in [-0.3, -0.25) is 0 Å². The molecule has 11 heavy (non-hydrogen) atoms. The van der Waals surface area contributed by atoms with E-state index in [0.717, 1.165) is 0 Å². The van der Waals surface area contributed by atoms with Crippen LogP contribution in [-0.4, -0.2) is 27.6 Å². The minimum atomic E-state index is -2.44. The lowest BCUT2D eigenvalue weighted by atomic mass is 11.8. The zero-order chi connectivity index (χ0) is 9.12. The number of hydrogen-bond donors (Lipinski definition) is 0. The van der Waals surface area contributed by atoms with Crippen LogP contribution in [0.4, 0.5) is 8.22 Å². The monoisotopic (exact) mass is 214 g/mol. The Labute approximate surface area is 74.1 Å². The van der Waals surface area contributed by atoms with Crippen LogP contribution < -0.4 is 0 Å². The van der Waals surface area contributed by atoms with Crippen molar-refractivity contribution >= 4 is 28.6 Å². The molecule has 0 radical (unpaired) electrons. The molecule has 0 spiro atoms. The van der Waals surface area contributed by atoms with E-state index in [2.05, 4.69) is 0 Å². The Balaban J connectivity index is 3.44. The van der Waals surface area contributed by atoms with Crippen molar-refractivity contribution in [2.24, 2.45) is 0 Å². The van der Waals surface area contributed by atoms with Gasteiger partial charge in [0, 0.05) is 10.8 Å². The van der Waals surface area contributed by atoms with Gasteiger partial charge in [-0.25, -0.2) is 0 Å². The van der Waals surface area contributed by atoms with Crippen LogP contribution in [0.2, 0.25) is 26.2 Å². The fourth-order valence-corrected chi connectivity index (χ4v) is 5.75. The van der Waals surface area contributed by atoms with Gasteiger partial charge in [-0.05, 0) is 26.2 Å². The van der Waals surface area contributed by atoms with E-state index in [1.807, 2.05) is 0 Å². The summed E-state index contributed by atoms with van der Waals surface area (Å²) in [6, 6.07) is 0. The molecule has 0 rings (SSSR count). The van der Waals surface area contributed by atoms with Crippen molar-refractivity contribution in [1.29, 1.82) is 0 Å². The molecular weight excluding hydrogens is 198 g/mol. The first-order chi connectivity index (χ1) is 4.71. The van der Waals surface area contributed by atoms with Crippen LogP contribution >= 0.6 is 11.8 Å². The van der Waals surface area contributed by atoms with Crippen molar-refractivity contribution in [1.82, 2.24) is 0 Å². The number of rotatable bonds is 4. The predicted octanol–water partition coefficient (Wildman–Crippen LogP) is 3.15. The topological polar surface area (TPSA) is 0 Å². The van der Waals surface area contributed by atoms with Gasteiger partial charge in [0.05, 0.1) is 0 Å². The molecule has 0 nitrogen and oxygen atoms in total. The van der Waals surface area contributed by atoms with Gasteiger partial charge >= 0.3 is 0 Å². The van der Waals surface area contributed by atoms with Gasteiger partial charge in [0.2, 0.25) is 0 Å². The van der Waals surface area contributed by atoms with E-state index in [4.69, 9.17) is 0 Å². The van der Waals surface area contributed by atoms with E-state index in [1.54, 1.807) is 26.2 Å². The molecule has 0 aromatic heterocycles. The maximum Gasteiger partial charge on any atom is 0.250 e. The molecule has 0 aromatic rings. The van der Waals surface area contributed by atoms with Gasteiger partial charge in [-0.1, -0.05) is 0 Å². The minimum Gasteiger partial charge on any atom is -0.314 e. The SMILES string of the molecule is C[Si](C)(F)CSC[Si](C)(C)F. The van der Waals surface area contributed by atoms with Crippen molar-refractivity contribution in [3.8, 4) is 0 Å². The molecule has 0 N–H and O–H groups in total. The molecule has 0 amide bonds. The highest BCUT2D eigenvalue weighted by Gasteiger charge is 2.25. The molecular formula is C6H16F2SSi2. The molecule has 5 heteroatoms. The molecule has 0 unspecified atom stereocenters. The average Bonchev–Trinajstić information content (AvgIpc) is 1.55. The maximum atomic E-state index is 13.0. The normalized spacial score (nSPS) is 13.6. The summed E-state index contributed by atoms with van der Waals surface area (Å²) in [4.78, 5) is 0. The molecule has 0 fully saturated rings. The molecule has 0 aromatic carbocycles. The lowest BCUT2D eigenvalue weighted by Gasteiger charge is -2.13. The zero-order valence-electron chi connectivity index (χ0n) is 7.58. The maximum absolute atomic E-state index is 13.0. The van der Waals surface area contributed by atoms with Crippen LogP contribution in [0.3, 0.4) is 0 Å². The van der Waals surface area contributed by atoms with E-state index >= 15 is 0 Å². The molecule has 0 aliphatic rings. The summed E-state index contributed by atoms with van der Waals surface area (Å²) in [6.07, 6.45) is 0. The Morgan fingerprint density at radius 3 is 1.36 bits per heavy atom. The molecule has 0 bridgehead atoms. The molecule has 0 saturated heterocycles. The van der Waals surface area contributed by atoms with Crippen molar-refractivity contribution in [2.75, 3.05) is 10.8 Å². The van der Waals surface area contributed by atoms with Crippen LogP contribution in [0.1, 0.15) is 0 Å². The van der Waals surface area contributed by atoms with Crippen LogP contribution in [0.25, 0.3) is 0 Å². The third-order valence-corrected chi connectivity index (χ3v) is 8.02. The van der Waals surface area contributed by atoms with E-state index in [0.29, 0.717) is 10.8 Å². The number of hydrogen-bond acceptors (Lipinski definition) is 1. The Hall–Kier alpha value is 0.644. The van der Waals surface area contributed by atoms with E-state index < -0.39 is 16.8 Å². The van der Waals surface area contributed by atoms with E-state index in [9.17, 15) is 8.22 Å². The standard InChI is InChI=1S/C6H16F2SSi2/c1-10(2,7)5-9-6-11(3,4)8/h5-6H2,1-4H3. The molecule has 0 aliphatic carbocycles. The van der Waals surface area contributed by atoms with Crippen LogP contribution in [0, 0.1) is 0 Å². The van der Waals surface area contributed by atoms with E-state index in [1.165, 1.54) is 11.8 Å². The number of thioether (sulfide) groups is 1. The van der Waals surface area contributed by atoms with Crippen LogP contribution in [0.5, 0.6) is 0 Å². The summed E-state index contributed by atoms with van der Waals surface area (Å²) in [5.41, 5.74) is 0. The highest BCUT2D eigenvalue weighted by molar-refractivity contribution is 8.02. The average molecular weight is 214 g/mol. The lowest BCUT2D eigenvalue weighted by molar-refractivity contribution is 0.806. The fourth-order valence-electron chi connectivity index (χ4n) is 0.536. The van der Waals surface area contributed by atoms with Gasteiger partial charge in [0.15, 0.2) is 0 Å². The zero-order valence-corrected chi connectivity index (χ0v) is 10.4. The van der Waals surface area contributed by atoms with Gasteiger partial charge in [-0.2, -0.15) is 11.8 Å². The quantitative estimate of drug-likeness (QED) is 0.512. The van der Waals surface area contributed by atoms with Crippen molar-refractivity contribution in [3.05, 3.63) is 0 Å². The predicted molar refractivity (Wildman–Crippen MR) is 54.5 cm³/mol. The molecule has 68 valence electrons. The second kappa shape index (κ2) is 4.04. The first-order valence-corrected chi connectivity index (χ1v) is 11.0. The lowest BCUT2D eigenvalue weighted by Crippen LogP contribution is -2.27. The second-order valence-electron chi connectivity index (χ2n) is 3.93. The van der Waals surface area contributed by atoms with Gasteiger partial charge in [-0.15, -0.1) is 0 Å². The van der Waals surface area contributed by atoms with Gasteiger partial charge in [0.25, 0.3) is 16.8 Å². The smallest absolute Gasteiger partial charge is 0.250 e. The first-order valence-electron chi connectivity index (χ1n) is 3.66. The highest BCUT2D eigenvalue weighted by atomic mass is 32.2. The first kappa shape index (κ1) is 11.6. The summed E-state index contributed by atoms with van der Waals surface area (Å²) < 4.78 is 26.0. The third-order valence-electron chi connectivity index (χ3n) is 0.891. The van der Waals surface area contributed by atoms with Crippen LogP contribution in [-0.2, 0) is 0 Å². The summed E-state index contributed by atoms with van der Waals surface area (Å²) in [7, 11) is -4.88. The summed E-state index contributed by atoms with van der Waals surface area (Å²) >= 11 is 1.44. The third kappa shape index (κ3) is 10.6. The fraction of sp³-hybridized carbons (Fsp3) is 1.00. The Morgan fingerprint density at radius 1 is 0.909 bits per heavy atom. The molecule has 0 heterocycles. The summed E-state index contributed by atoms with van der Waals surface area (Å²) in [5, 5.41) is 1.07. The van der Waals surface area contributed by atoms with Gasteiger partial charge in [0.1, 0.15) is 0 Å². The van der Waals surface area contributed by atoms with Gasteiger partial charge < -0.3 is 8.22 Å². The summed E-state index contributed by atoms with van der Waals surface area (Å²) in [6.45, 7) is 6.64. The van der Waals surface area contributed by atoms with Crippen LogP contribution in [0.15, 0.2) is 0 Å². The molecule has 0 aliphatic heterocycles. The van der Waals surface area contributed by atoms with Crippen molar-refractivity contribution in [3.63, 3.8) is 0 Å². The number of halogens is 2. The van der Waals surface area contributed by atoms with Crippen molar-refractivity contribution in [2.45, 2.75) is 26.2 Å². The van der Waals surface area contributed by atoms with Crippen molar-refractivity contribution < 1.29 is 8.22 Å². The Kier molecular flexibility index (Phi) is 4.28. The minimum absolute atomic E-state index is 0.535. The Bertz CT molecular complexity index is 103. The Morgan fingerprint density at radius 2 is 1.18 bits per heavy atom. The largest absolute Gasteiger partial charge is 0.314 e. The van der Waals surface area contributed by atoms with E-state index in [-0.39, 0.29) is 0 Å². The highest BCUT2D eigenvalue weighted by Crippen LogP contribution is 2.17. The molecule has 0 atom stereocenters. The summed E-state index contributed by atoms with van der Waals surface area (Å²) in [5.74, 6) is 0.